The summed E-state index contributed by atoms with van der Waals surface area (Å²) in [4.78, 5) is 32.6. The number of alkyl halides is 3. The summed E-state index contributed by atoms with van der Waals surface area (Å²) in [5.41, 5.74) is 0.191. The van der Waals surface area contributed by atoms with E-state index in [9.17, 15) is 22.8 Å². The van der Waals surface area contributed by atoms with Gasteiger partial charge in [-0.05, 0) is 55.7 Å². The van der Waals surface area contributed by atoms with Crippen LogP contribution in [0.1, 0.15) is 53.0 Å². The van der Waals surface area contributed by atoms with Crippen LogP contribution in [0.5, 0.6) is 0 Å². The highest BCUT2D eigenvalue weighted by Crippen LogP contribution is 2.31. The Morgan fingerprint density at radius 2 is 1.68 bits per heavy atom. The molecule has 0 aliphatic heterocycles. The molecule has 3 amide bonds. The van der Waals surface area contributed by atoms with Crippen LogP contribution >= 0.6 is 11.3 Å². The molecule has 1 fully saturated rings. The van der Waals surface area contributed by atoms with Gasteiger partial charge in [-0.3, -0.25) is 4.79 Å². The quantitative estimate of drug-likeness (QED) is 0.320. The molecule has 1 aromatic heterocycles. The van der Waals surface area contributed by atoms with Gasteiger partial charge >= 0.3 is 12.2 Å². The smallest absolute Gasteiger partial charge is 0.332 e. The Kier molecular flexibility index (Phi) is 9.09. The third-order valence-corrected chi connectivity index (χ3v) is 7.72. The molecule has 0 radical (unpaired) electrons. The van der Waals surface area contributed by atoms with E-state index in [1.165, 1.54) is 17.0 Å². The monoisotopic (exact) mass is 543 g/mol. The number of carbonyl (C=O) groups is 2. The van der Waals surface area contributed by atoms with Gasteiger partial charge in [-0.1, -0.05) is 55.7 Å². The summed E-state index contributed by atoms with van der Waals surface area (Å²) >= 11 is 1.62. The van der Waals surface area contributed by atoms with Gasteiger partial charge in [0, 0.05) is 28.0 Å². The first-order chi connectivity index (χ1) is 18.2. The van der Waals surface area contributed by atoms with Gasteiger partial charge in [0.2, 0.25) is 5.91 Å². The lowest BCUT2D eigenvalue weighted by atomic mass is 9.94. The normalized spacial score (nSPS) is 14.2. The van der Waals surface area contributed by atoms with Crippen molar-refractivity contribution >= 4 is 29.0 Å². The largest absolute Gasteiger partial charge is 0.416 e. The molecule has 1 heterocycles. The van der Waals surface area contributed by atoms with Gasteiger partial charge in [-0.25, -0.2) is 4.79 Å². The third-order valence-electron chi connectivity index (χ3n) is 6.73. The number of halogens is 3. The Morgan fingerprint density at radius 3 is 2.34 bits per heavy atom. The third kappa shape index (κ3) is 7.60. The second kappa shape index (κ2) is 12.5. The molecule has 5 nitrogen and oxygen atoms in total. The zero-order valence-corrected chi connectivity index (χ0v) is 22.2. The van der Waals surface area contributed by atoms with Crippen LogP contribution < -0.4 is 5.32 Å². The predicted octanol–water partition coefficient (Wildman–Crippen LogP) is 7.47. The lowest BCUT2D eigenvalue weighted by Gasteiger charge is -2.35. The van der Waals surface area contributed by atoms with Gasteiger partial charge in [0.05, 0.1) is 12.1 Å². The van der Waals surface area contributed by atoms with Crippen LogP contribution in [0.25, 0.3) is 0 Å². The van der Waals surface area contributed by atoms with Crippen molar-refractivity contribution in [3.05, 3.63) is 87.6 Å². The van der Waals surface area contributed by atoms with E-state index in [0.717, 1.165) is 59.6 Å². The minimum absolute atomic E-state index is 0.0493. The summed E-state index contributed by atoms with van der Waals surface area (Å²) in [6, 6.07) is 17.6. The second-order valence-electron chi connectivity index (χ2n) is 9.68. The molecular formula is C29H32F3N3O2S. The number of hydrogen-bond donors (Lipinski definition) is 1. The van der Waals surface area contributed by atoms with Gasteiger partial charge in [-0.15, -0.1) is 11.3 Å². The van der Waals surface area contributed by atoms with Crippen molar-refractivity contribution in [1.29, 1.82) is 0 Å². The summed E-state index contributed by atoms with van der Waals surface area (Å²) in [6.45, 7) is 2.68. The number of rotatable bonds is 8. The van der Waals surface area contributed by atoms with Gasteiger partial charge in [0.1, 0.15) is 6.54 Å². The average molecular weight is 544 g/mol. The van der Waals surface area contributed by atoms with E-state index in [1.54, 1.807) is 16.2 Å². The van der Waals surface area contributed by atoms with Crippen molar-refractivity contribution in [2.24, 2.45) is 0 Å². The number of urea groups is 1. The Balaban J connectivity index is 1.55. The highest BCUT2D eigenvalue weighted by molar-refractivity contribution is 7.11. The number of amides is 3. The maximum atomic E-state index is 13.7. The summed E-state index contributed by atoms with van der Waals surface area (Å²) in [7, 11) is 0. The van der Waals surface area contributed by atoms with Crippen molar-refractivity contribution in [1.82, 2.24) is 9.80 Å². The molecule has 1 N–H and O–H groups in total. The summed E-state index contributed by atoms with van der Waals surface area (Å²) in [6.07, 6.45) is -0.0653. The van der Waals surface area contributed by atoms with Crippen LogP contribution in [-0.2, 0) is 24.1 Å². The number of nitrogens with zero attached hydrogens (tertiary/aromatic N) is 2. The number of carbonyl (C=O) groups excluding carboxylic acids is 2. The lowest BCUT2D eigenvalue weighted by Crippen LogP contribution is -2.49. The second-order valence-corrected chi connectivity index (χ2v) is 11.0. The van der Waals surface area contributed by atoms with Crippen LogP contribution in [0.15, 0.2) is 66.7 Å². The highest BCUT2D eigenvalue weighted by atomic mass is 32.1. The van der Waals surface area contributed by atoms with E-state index in [-0.39, 0.29) is 24.2 Å². The molecule has 0 saturated heterocycles. The molecule has 38 heavy (non-hydrogen) atoms. The maximum Gasteiger partial charge on any atom is 0.416 e. The molecule has 1 aliphatic carbocycles. The van der Waals surface area contributed by atoms with Crippen molar-refractivity contribution in [3.8, 4) is 0 Å². The van der Waals surface area contributed by atoms with E-state index >= 15 is 0 Å². The molecule has 9 heteroatoms. The zero-order valence-electron chi connectivity index (χ0n) is 21.3. The number of nitrogens with one attached hydrogen (secondary N) is 1. The number of benzene rings is 2. The molecule has 0 spiro atoms. The molecule has 0 atom stereocenters. The fourth-order valence-corrected chi connectivity index (χ4v) is 5.67. The van der Waals surface area contributed by atoms with Gasteiger partial charge < -0.3 is 15.1 Å². The van der Waals surface area contributed by atoms with Gasteiger partial charge in [-0.2, -0.15) is 13.2 Å². The molecule has 2 aromatic carbocycles. The van der Waals surface area contributed by atoms with Crippen molar-refractivity contribution in [2.45, 2.75) is 64.3 Å². The van der Waals surface area contributed by atoms with Crippen molar-refractivity contribution in [2.75, 3.05) is 11.9 Å². The van der Waals surface area contributed by atoms with Gasteiger partial charge in [0.15, 0.2) is 0 Å². The lowest BCUT2D eigenvalue weighted by molar-refractivity contribution is -0.137. The zero-order chi connectivity index (χ0) is 27.1. The molecule has 1 saturated carbocycles. The van der Waals surface area contributed by atoms with E-state index < -0.39 is 17.8 Å². The summed E-state index contributed by atoms with van der Waals surface area (Å²) in [5, 5.41) is 2.62. The van der Waals surface area contributed by atoms with Crippen molar-refractivity contribution in [3.63, 3.8) is 0 Å². The Bertz CT molecular complexity index is 1220. The maximum absolute atomic E-state index is 13.7. The van der Waals surface area contributed by atoms with Crippen LogP contribution in [0.2, 0.25) is 0 Å². The Labute approximate surface area is 225 Å². The van der Waals surface area contributed by atoms with Crippen LogP contribution in [0, 0.1) is 6.92 Å². The molecule has 4 rings (SSSR count). The minimum Gasteiger partial charge on any atom is -0.332 e. The first-order valence-corrected chi connectivity index (χ1v) is 13.6. The number of hydrogen-bond acceptors (Lipinski definition) is 3. The summed E-state index contributed by atoms with van der Waals surface area (Å²) < 4.78 is 39.6. The molecular weight excluding hydrogens is 511 g/mol. The minimum atomic E-state index is -4.52. The van der Waals surface area contributed by atoms with Gasteiger partial charge in [0.25, 0.3) is 0 Å². The van der Waals surface area contributed by atoms with E-state index in [2.05, 4.69) is 5.32 Å². The average Bonchev–Trinajstić information content (AvgIpc) is 3.32. The molecule has 202 valence electrons. The predicted molar refractivity (Wildman–Crippen MR) is 144 cm³/mol. The first-order valence-electron chi connectivity index (χ1n) is 12.8. The molecule has 1 aliphatic rings. The SMILES string of the molecule is Cc1ccc(CN(Cc2ccccc2)C(=O)CN(C(=O)Nc2cccc(C(F)(F)F)c2)C2CCCCC2)s1. The topological polar surface area (TPSA) is 52.7 Å². The van der Waals surface area contributed by atoms with Crippen LogP contribution in [0.3, 0.4) is 0 Å². The highest BCUT2D eigenvalue weighted by Gasteiger charge is 2.32. The number of thiophene rings is 1. The Hall–Kier alpha value is -3.33. The van der Waals surface area contributed by atoms with E-state index in [4.69, 9.17) is 0 Å². The van der Waals surface area contributed by atoms with Crippen LogP contribution in [0.4, 0.5) is 23.7 Å². The number of anilines is 1. The van der Waals surface area contributed by atoms with E-state index in [1.807, 2.05) is 49.4 Å². The first kappa shape index (κ1) is 27.7. The van der Waals surface area contributed by atoms with Crippen LogP contribution in [-0.4, -0.2) is 34.3 Å². The Morgan fingerprint density at radius 1 is 0.947 bits per heavy atom. The van der Waals surface area contributed by atoms with E-state index in [0.29, 0.717) is 13.1 Å². The summed E-state index contributed by atoms with van der Waals surface area (Å²) in [5.74, 6) is -0.204. The molecule has 0 unspecified atom stereocenters. The fraction of sp³-hybridized carbons (Fsp3) is 0.379. The number of aryl methyl sites for hydroxylation is 1. The van der Waals surface area contributed by atoms with Crippen molar-refractivity contribution < 1.29 is 22.8 Å². The fourth-order valence-electron chi connectivity index (χ4n) is 4.77. The molecule has 3 aromatic rings. The standard InChI is InChI=1S/C29H32F3N3O2S/c1-21-15-16-26(38-21)19-34(18-22-9-4-2-5-10-22)27(36)20-35(25-13-6-3-7-14-25)28(37)33-24-12-8-11-23(17-24)29(30,31)32/h2,4-5,8-12,15-17,25H,3,6-7,13-14,18-20H2,1H3,(H,33,37). The molecule has 0 bridgehead atoms.